The number of carbonyl (C=O) groups excluding carboxylic acids is 1. The van der Waals surface area contributed by atoms with E-state index in [0.717, 1.165) is 32.4 Å². The summed E-state index contributed by atoms with van der Waals surface area (Å²) in [6.45, 7) is 2.09. The normalized spacial score (nSPS) is 28.0. The summed E-state index contributed by atoms with van der Waals surface area (Å²) in [5.74, 6) is -0.482. The third kappa shape index (κ3) is 3.62. The van der Waals surface area contributed by atoms with E-state index in [1.54, 1.807) is 30.1 Å². The molecule has 0 spiro atoms. The van der Waals surface area contributed by atoms with Crippen LogP contribution in [0.1, 0.15) is 37.7 Å². The van der Waals surface area contributed by atoms with Crippen LogP contribution in [0.3, 0.4) is 0 Å². The first-order valence-corrected chi connectivity index (χ1v) is 8.99. The molecule has 2 fully saturated rings. The Morgan fingerprint density at radius 1 is 1.25 bits per heavy atom. The number of likely N-dealkylation sites (tertiary alicyclic amines) is 1. The van der Waals surface area contributed by atoms with Crippen molar-refractivity contribution >= 4 is 5.91 Å². The van der Waals surface area contributed by atoms with Gasteiger partial charge < -0.3 is 10.0 Å². The Bertz CT molecular complexity index is 574. The van der Waals surface area contributed by atoms with E-state index < -0.39 is 6.10 Å². The molecule has 1 aromatic carbocycles. The number of hydrogen-bond acceptors (Lipinski definition) is 3. The minimum absolute atomic E-state index is 0.0424. The second kappa shape index (κ2) is 7.62. The molecule has 132 valence electrons. The fourth-order valence-corrected chi connectivity index (χ4v) is 4.14. The van der Waals surface area contributed by atoms with Gasteiger partial charge in [-0.3, -0.25) is 9.69 Å². The van der Waals surface area contributed by atoms with Crippen LogP contribution in [0.15, 0.2) is 24.3 Å². The van der Waals surface area contributed by atoms with Gasteiger partial charge in [0.2, 0.25) is 5.91 Å². The molecule has 3 rings (SSSR count). The largest absolute Gasteiger partial charge is 0.389 e. The van der Waals surface area contributed by atoms with Crippen LogP contribution in [0.2, 0.25) is 0 Å². The summed E-state index contributed by atoms with van der Waals surface area (Å²) in [5.41, 5.74) is 0.413. The first kappa shape index (κ1) is 17.4. The number of benzene rings is 1. The maximum Gasteiger partial charge on any atom is 0.227 e. The number of likely N-dealkylation sites (N-methyl/N-ethyl adjacent to an activating group) is 1. The monoisotopic (exact) mass is 334 g/mol. The summed E-state index contributed by atoms with van der Waals surface area (Å²) in [4.78, 5) is 16.6. The molecule has 1 saturated carbocycles. The van der Waals surface area contributed by atoms with Gasteiger partial charge in [0.25, 0.3) is 0 Å². The molecule has 1 heterocycles. The number of hydrogen-bond donors (Lipinski definition) is 1. The molecular weight excluding hydrogens is 307 g/mol. The van der Waals surface area contributed by atoms with Gasteiger partial charge in [0.1, 0.15) is 5.82 Å². The highest BCUT2D eigenvalue weighted by atomic mass is 19.1. The SMILES string of the molecule is CN(C(=O)Cc1ccccc1F)[C@@H]1CCC[C@@H](N2CCCC2)[C@@H]1O. The molecule has 1 N–H and O–H groups in total. The van der Waals surface area contributed by atoms with Gasteiger partial charge in [-0.25, -0.2) is 4.39 Å². The molecule has 1 saturated heterocycles. The van der Waals surface area contributed by atoms with Crippen molar-refractivity contribution in [3.8, 4) is 0 Å². The Morgan fingerprint density at radius 3 is 2.67 bits per heavy atom. The van der Waals surface area contributed by atoms with Gasteiger partial charge in [-0.15, -0.1) is 0 Å². The Labute approximate surface area is 143 Å². The van der Waals surface area contributed by atoms with E-state index in [0.29, 0.717) is 5.56 Å². The van der Waals surface area contributed by atoms with Crippen molar-refractivity contribution in [3.05, 3.63) is 35.6 Å². The van der Waals surface area contributed by atoms with Crippen molar-refractivity contribution in [1.82, 2.24) is 9.80 Å². The van der Waals surface area contributed by atoms with Crippen LogP contribution >= 0.6 is 0 Å². The van der Waals surface area contributed by atoms with E-state index in [1.165, 1.54) is 18.9 Å². The second-order valence-electron chi connectivity index (χ2n) is 7.07. The van der Waals surface area contributed by atoms with Crippen LogP contribution in [-0.2, 0) is 11.2 Å². The molecule has 2 aliphatic rings. The summed E-state index contributed by atoms with van der Waals surface area (Å²) < 4.78 is 13.8. The molecule has 3 atom stereocenters. The molecule has 1 aromatic rings. The van der Waals surface area contributed by atoms with Gasteiger partial charge in [0.05, 0.1) is 18.6 Å². The van der Waals surface area contributed by atoms with Gasteiger partial charge in [0, 0.05) is 13.1 Å². The lowest BCUT2D eigenvalue weighted by Gasteiger charge is -2.43. The molecule has 1 aliphatic carbocycles. The number of rotatable bonds is 4. The van der Waals surface area contributed by atoms with Crippen molar-refractivity contribution in [2.45, 2.75) is 56.7 Å². The molecule has 0 bridgehead atoms. The molecule has 0 radical (unpaired) electrons. The fourth-order valence-electron chi connectivity index (χ4n) is 4.14. The highest BCUT2D eigenvalue weighted by Gasteiger charge is 2.39. The van der Waals surface area contributed by atoms with Crippen LogP contribution in [0.25, 0.3) is 0 Å². The zero-order valence-electron chi connectivity index (χ0n) is 14.3. The standard InChI is InChI=1S/C19H27FN2O2/c1-21(18(23)13-14-7-2-3-8-15(14)20)16-9-6-10-17(19(16)24)22-11-4-5-12-22/h2-3,7-8,16-17,19,24H,4-6,9-13H2,1H3/t16-,17-,19-/m1/s1. The van der Waals surface area contributed by atoms with Crippen molar-refractivity contribution in [3.63, 3.8) is 0 Å². The highest BCUT2D eigenvalue weighted by molar-refractivity contribution is 5.79. The summed E-state index contributed by atoms with van der Waals surface area (Å²) in [5, 5.41) is 10.8. The van der Waals surface area contributed by atoms with E-state index in [-0.39, 0.29) is 30.2 Å². The smallest absolute Gasteiger partial charge is 0.227 e. The maximum atomic E-state index is 13.8. The molecule has 0 aromatic heterocycles. The number of halogens is 1. The van der Waals surface area contributed by atoms with Crippen LogP contribution < -0.4 is 0 Å². The molecular formula is C19H27FN2O2. The lowest BCUT2D eigenvalue weighted by Crippen LogP contribution is -2.56. The van der Waals surface area contributed by atoms with Crippen molar-refractivity contribution < 1.29 is 14.3 Å². The molecule has 1 aliphatic heterocycles. The number of carbonyl (C=O) groups is 1. The second-order valence-corrected chi connectivity index (χ2v) is 7.07. The van der Waals surface area contributed by atoms with Crippen LogP contribution in [0.5, 0.6) is 0 Å². The van der Waals surface area contributed by atoms with E-state index >= 15 is 0 Å². The average Bonchev–Trinajstić information content (AvgIpc) is 3.11. The minimum Gasteiger partial charge on any atom is -0.389 e. The van der Waals surface area contributed by atoms with Gasteiger partial charge >= 0.3 is 0 Å². The van der Waals surface area contributed by atoms with Crippen LogP contribution in [-0.4, -0.2) is 59.1 Å². The summed E-state index contributed by atoms with van der Waals surface area (Å²) in [7, 11) is 1.74. The van der Waals surface area contributed by atoms with Gasteiger partial charge in [0.15, 0.2) is 0 Å². The Morgan fingerprint density at radius 2 is 1.96 bits per heavy atom. The summed E-state index contributed by atoms with van der Waals surface area (Å²) >= 11 is 0. The van der Waals surface area contributed by atoms with E-state index in [1.807, 2.05) is 0 Å². The van der Waals surface area contributed by atoms with Crippen molar-refractivity contribution in [2.75, 3.05) is 20.1 Å². The lowest BCUT2D eigenvalue weighted by molar-refractivity contribution is -0.136. The topological polar surface area (TPSA) is 43.8 Å². The Balaban J connectivity index is 1.65. The molecule has 0 unspecified atom stereocenters. The Hall–Kier alpha value is -1.46. The van der Waals surface area contributed by atoms with E-state index in [2.05, 4.69) is 4.90 Å². The van der Waals surface area contributed by atoms with Crippen LogP contribution in [0.4, 0.5) is 4.39 Å². The summed E-state index contributed by atoms with van der Waals surface area (Å²) in [6, 6.07) is 6.36. The fraction of sp³-hybridized carbons (Fsp3) is 0.632. The molecule has 5 heteroatoms. The zero-order valence-corrected chi connectivity index (χ0v) is 14.3. The van der Waals surface area contributed by atoms with E-state index in [4.69, 9.17) is 0 Å². The van der Waals surface area contributed by atoms with Crippen LogP contribution in [0, 0.1) is 5.82 Å². The molecule has 4 nitrogen and oxygen atoms in total. The summed E-state index contributed by atoms with van der Waals surface area (Å²) in [6.07, 6.45) is 4.72. The third-order valence-electron chi connectivity index (χ3n) is 5.59. The molecule has 1 amide bonds. The number of aliphatic hydroxyl groups excluding tert-OH is 1. The number of amides is 1. The number of aliphatic hydroxyl groups is 1. The van der Waals surface area contributed by atoms with Crippen molar-refractivity contribution in [2.24, 2.45) is 0 Å². The van der Waals surface area contributed by atoms with Gasteiger partial charge in [-0.05, 0) is 56.8 Å². The Kier molecular flexibility index (Phi) is 5.51. The lowest BCUT2D eigenvalue weighted by atomic mass is 9.86. The highest BCUT2D eigenvalue weighted by Crippen LogP contribution is 2.29. The predicted octanol–water partition coefficient (Wildman–Crippen LogP) is 2.20. The first-order valence-electron chi connectivity index (χ1n) is 8.99. The third-order valence-corrected chi connectivity index (χ3v) is 5.59. The zero-order chi connectivity index (χ0) is 17.1. The molecule has 24 heavy (non-hydrogen) atoms. The quantitative estimate of drug-likeness (QED) is 0.918. The van der Waals surface area contributed by atoms with E-state index in [9.17, 15) is 14.3 Å². The maximum absolute atomic E-state index is 13.8. The number of nitrogens with zero attached hydrogens (tertiary/aromatic N) is 2. The van der Waals surface area contributed by atoms with Gasteiger partial charge in [-0.2, -0.15) is 0 Å². The van der Waals surface area contributed by atoms with Crippen molar-refractivity contribution in [1.29, 1.82) is 0 Å². The minimum atomic E-state index is -0.522. The predicted molar refractivity (Wildman–Crippen MR) is 91.1 cm³/mol. The average molecular weight is 334 g/mol. The first-order chi connectivity index (χ1) is 11.6. The van der Waals surface area contributed by atoms with Gasteiger partial charge in [-0.1, -0.05) is 18.2 Å².